The van der Waals surface area contributed by atoms with E-state index >= 15 is 0 Å². The summed E-state index contributed by atoms with van der Waals surface area (Å²) in [5.74, 6) is 0.166. The van der Waals surface area contributed by atoms with Crippen molar-refractivity contribution in [3.8, 4) is 0 Å². The summed E-state index contributed by atoms with van der Waals surface area (Å²) in [4.78, 5) is 14.2. The van der Waals surface area contributed by atoms with Gasteiger partial charge in [0.25, 0.3) is 0 Å². The number of amides is 1. The summed E-state index contributed by atoms with van der Waals surface area (Å²) >= 11 is 0. The molecule has 0 aromatic heterocycles. The lowest BCUT2D eigenvalue weighted by Gasteiger charge is -2.28. The molecule has 1 saturated heterocycles. The molecule has 1 aliphatic rings. The molecule has 0 radical (unpaired) electrons. The molecular formula is C14H20N2O. The van der Waals surface area contributed by atoms with E-state index in [1.54, 1.807) is 0 Å². The van der Waals surface area contributed by atoms with Gasteiger partial charge in [0.2, 0.25) is 5.91 Å². The molecule has 0 saturated carbocycles. The smallest absolute Gasteiger partial charge is 0.244 e. The molecule has 0 aliphatic carbocycles. The summed E-state index contributed by atoms with van der Waals surface area (Å²) < 4.78 is 0. The number of nitrogens with one attached hydrogen (secondary N) is 1. The van der Waals surface area contributed by atoms with Gasteiger partial charge < -0.3 is 10.2 Å². The molecule has 0 bridgehead atoms. The Bertz CT molecular complexity index is 399. The number of carbonyl (C=O) groups is 1. The van der Waals surface area contributed by atoms with Crippen LogP contribution in [0.25, 0.3) is 0 Å². The van der Waals surface area contributed by atoms with Crippen LogP contribution in [0.3, 0.4) is 0 Å². The van der Waals surface area contributed by atoms with E-state index in [1.165, 1.54) is 5.56 Å². The molecule has 1 fully saturated rings. The van der Waals surface area contributed by atoms with E-state index in [9.17, 15) is 4.79 Å². The van der Waals surface area contributed by atoms with Crippen molar-refractivity contribution in [2.75, 3.05) is 11.4 Å². The minimum absolute atomic E-state index is 0.0961. The zero-order chi connectivity index (χ0) is 12.4. The number of benzene rings is 1. The van der Waals surface area contributed by atoms with Crippen molar-refractivity contribution < 1.29 is 4.79 Å². The van der Waals surface area contributed by atoms with E-state index in [-0.39, 0.29) is 18.0 Å². The minimum Gasteiger partial charge on any atom is -0.308 e. The zero-order valence-corrected chi connectivity index (χ0v) is 10.7. The van der Waals surface area contributed by atoms with Gasteiger partial charge in [0, 0.05) is 11.7 Å². The van der Waals surface area contributed by atoms with Crippen LogP contribution < -0.4 is 10.2 Å². The van der Waals surface area contributed by atoms with Crippen molar-refractivity contribution in [2.45, 2.75) is 39.3 Å². The molecular weight excluding hydrogens is 212 g/mol. The summed E-state index contributed by atoms with van der Waals surface area (Å²) in [6, 6.07) is 8.32. The van der Waals surface area contributed by atoms with Crippen molar-refractivity contribution in [1.82, 2.24) is 5.32 Å². The van der Waals surface area contributed by atoms with Crippen LogP contribution >= 0.6 is 0 Å². The summed E-state index contributed by atoms with van der Waals surface area (Å²) in [7, 11) is 0. The van der Waals surface area contributed by atoms with Crippen molar-refractivity contribution in [3.05, 3.63) is 29.8 Å². The molecule has 1 aliphatic heterocycles. The van der Waals surface area contributed by atoms with E-state index < -0.39 is 0 Å². The summed E-state index contributed by atoms with van der Waals surface area (Å²) in [5.41, 5.74) is 2.22. The number of anilines is 1. The standard InChI is InChI=1S/C14H20N2O/c1-10-4-6-13(7-5-10)16-11(2)8-9-15-12(3)14(16)17/h4-7,11-12,15H,8-9H2,1-3H3. The minimum atomic E-state index is -0.0961. The topological polar surface area (TPSA) is 32.3 Å². The van der Waals surface area contributed by atoms with Gasteiger partial charge in [0.05, 0.1) is 6.04 Å². The quantitative estimate of drug-likeness (QED) is 0.804. The zero-order valence-electron chi connectivity index (χ0n) is 10.7. The van der Waals surface area contributed by atoms with E-state index in [0.717, 1.165) is 18.7 Å². The normalized spacial score (nSPS) is 25.8. The van der Waals surface area contributed by atoms with Crippen LogP contribution in [0.2, 0.25) is 0 Å². The number of hydrogen-bond acceptors (Lipinski definition) is 2. The maximum absolute atomic E-state index is 12.3. The fourth-order valence-electron chi connectivity index (χ4n) is 2.24. The highest BCUT2D eigenvalue weighted by atomic mass is 16.2. The molecule has 2 rings (SSSR count). The van der Waals surface area contributed by atoms with Crippen LogP contribution in [0, 0.1) is 6.92 Å². The van der Waals surface area contributed by atoms with Crippen LogP contribution in [0.5, 0.6) is 0 Å². The van der Waals surface area contributed by atoms with Gasteiger partial charge in [-0.2, -0.15) is 0 Å². The Morgan fingerprint density at radius 1 is 1.24 bits per heavy atom. The molecule has 1 aromatic carbocycles. The first-order valence-corrected chi connectivity index (χ1v) is 6.22. The number of aryl methyl sites for hydroxylation is 1. The largest absolute Gasteiger partial charge is 0.308 e. The first-order valence-electron chi connectivity index (χ1n) is 6.22. The Balaban J connectivity index is 2.32. The number of hydrogen-bond donors (Lipinski definition) is 1. The lowest BCUT2D eigenvalue weighted by atomic mass is 10.1. The molecule has 2 atom stereocenters. The van der Waals surface area contributed by atoms with Crippen LogP contribution in [0.15, 0.2) is 24.3 Å². The highest BCUT2D eigenvalue weighted by molar-refractivity contribution is 5.97. The second-order valence-electron chi connectivity index (χ2n) is 4.86. The van der Waals surface area contributed by atoms with E-state index in [0.29, 0.717) is 0 Å². The molecule has 3 nitrogen and oxygen atoms in total. The van der Waals surface area contributed by atoms with Crippen molar-refractivity contribution in [1.29, 1.82) is 0 Å². The molecule has 92 valence electrons. The van der Waals surface area contributed by atoms with E-state index in [1.807, 2.05) is 24.0 Å². The third-order valence-corrected chi connectivity index (χ3v) is 3.37. The van der Waals surface area contributed by atoms with E-state index in [2.05, 4.69) is 31.3 Å². The van der Waals surface area contributed by atoms with Gasteiger partial charge in [-0.1, -0.05) is 17.7 Å². The molecule has 1 aromatic rings. The maximum atomic E-state index is 12.3. The summed E-state index contributed by atoms with van der Waals surface area (Å²) in [6.07, 6.45) is 0.990. The molecule has 0 spiro atoms. The van der Waals surface area contributed by atoms with Crippen LogP contribution in [0.1, 0.15) is 25.8 Å². The fourth-order valence-corrected chi connectivity index (χ4v) is 2.24. The first-order chi connectivity index (χ1) is 8.09. The Hall–Kier alpha value is -1.35. The third kappa shape index (κ3) is 2.50. The van der Waals surface area contributed by atoms with Gasteiger partial charge in [-0.15, -0.1) is 0 Å². The van der Waals surface area contributed by atoms with Gasteiger partial charge in [-0.25, -0.2) is 0 Å². The Morgan fingerprint density at radius 3 is 2.53 bits per heavy atom. The second-order valence-corrected chi connectivity index (χ2v) is 4.86. The van der Waals surface area contributed by atoms with E-state index in [4.69, 9.17) is 0 Å². The monoisotopic (exact) mass is 232 g/mol. The van der Waals surface area contributed by atoms with Crippen molar-refractivity contribution >= 4 is 11.6 Å². The van der Waals surface area contributed by atoms with Gasteiger partial charge in [0.15, 0.2) is 0 Å². The number of carbonyl (C=O) groups excluding carboxylic acids is 1. The first kappa shape index (κ1) is 12.1. The molecule has 1 amide bonds. The van der Waals surface area contributed by atoms with Crippen molar-refractivity contribution in [2.24, 2.45) is 0 Å². The van der Waals surface area contributed by atoms with Crippen LogP contribution in [-0.4, -0.2) is 24.5 Å². The van der Waals surface area contributed by atoms with Gasteiger partial charge in [0.1, 0.15) is 0 Å². The fraction of sp³-hybridized carbons (Fsp3) is 0.500. The lowest BCUT2D eigenvalue weighted by molar-refractivity contribution is -0.120. The van der Waals surface area contributed by atoms with Gasteiger partial charge >= 0.3 is 0 Å². The predicted octanol–water partition coefficient (Wildman–Crippen LogP) is 2.10. The van der Waals surface area contributed by atoms with Crippen LogP contribution in [0.4, 0.5) is 5.69 Å². The molecule has 1 N–H and O–H groups in total. The van der Waals surface area contributed by atoms with Crippen LogP contribution in [-0.2, 0) is 4.79 Å². The highest BCUT2D eigenvalue weighted by Gasteiger charge is 2.28. The van der Waals surface area contributed by atoms with Gasteiger partial charge in [-0.05, 0) is 45.9 Å². The Morgan fingerprint density at radius 2 is 1.88 bits per heavy atom. The summed E-state index contributed by atoms with van der Waals surface area (Å²) in [6.45, 7) is 7.00. The van der Waals surface area contributed by atoms with Gasteiger partial charge in [-0.3, -0.25) is 4.79 Å². The maximum Gasteiger partial charge on any atom is 0.244 e. The average Bonchev–Trinajstić information content (AvgIpc) is 2.42. The Kier molecular flexibility index (Phi) is 3.48. The lowest BCUT2D eigenvalue weighted by Crippen LogP contribution is -2.44. The predicted molar refractivity (Wildman–Crippen MR) is 70.2 cm³/mol. The molecule has 3 heteroatoms. The highest BCUT2D eigenvalue weighted by Crippen LogP contribution is 2.21. The summed E-state index contributed by atoms with van der Waals surface area (Å²) in [5, 5.41) is 3.24. The number of rotatable bonds is 1. The SMILES string of the molecule is Cc1ccc(N2C(=O)C(C)NCCC2C)cc1. The Labute approximate surface area is 103 Å². The number of nitrogens with zero attached hydrogens (tertiary/aromatic N) is 1. The average molecular weight is 232 g/mol. The second kappa shape index (κ2) is 4.88. The molecule has 2 unspecified atom stereocenters. The molecule has 17 heavy (non-hydrogen) atoms. The third-order valence-electron chi connectivity index (χ3n) is 3.37. The molecule has 1 heterocycles. The van der Waals surface area contributed by atoms with Crippen molar-refractivity contribution in [3.63, 3.8) is 0 Å².